The smallest absolute Gasteiger partial charge is 0.308 e. The van der Waals surface area contributed by atoms with Gasteiger partial charge < -0.3 is 4.74 Å². The van der Waals surface area contributed by atoms with Crippen molar-refractivity contribution >= 4 is 17.8 Å². The molecule has 4 rings (SSSR count). The van der Waals surface area contributed by atoms with E-state index in [1.165, 1.54) is 4.90 Å². The number of nitrogens with zero attached hydrogens (tertiary/aromatic N) is 1. The van der Waals surface area contributed by atoms with E-state index >= 15 is 0 Å². The van der Waals surface area contributed by atoms with Crippen LogP contribution in [0.15, 0.2) is 60.7 Å². The molecule has 1 saturated carbocycles. The zero-order valence-corrected chi connectivity index (χ0v) is 17.6. The largest absolute Gasteiger partial charge is 0.461 e. The van der Waals surface area contributed by atoms with Crippen molar-refractivity contribution < 1.29 is 19.1 Å². The molecule has 1 atom stereocenters. The fraction of sp³-hybridized carbons (Fsp3) is 0.400. The maximum Gasteiger partial charge on any atom is 0.308 e. The third-order valence-corrected chi connectivity index (χ3v) is 6.17. The number of ether oxygens (including phenoxy) is 1. The van der Waals surface area contributed by atoms with Gasteiger partial charge in [0.1, 0.15) is 6.61 Å². The minimum atomic E-state index is -0.773. The van der Waals surface area contributed by atoms with Crippen LogP contribution in [0, 0.1) is 0 Å². The number of carbonyl (C=O) groups excluding carboxylic acids is 3. The first-order chi connectivity index (χ1) is 15.1. The highest BCUT2D eigenvalue weighted by Gasteiger charge is 2.51. The molecule has 6 nitrogen and oxygen atoms in total. The number of esters is 1. The molecular formula is C25H28N2O4. The van der Waals surface area contributed by atoms with E-state index in [9.17, 15) is 14.4 Å². The molecule has 2 aromatic carbocycles. The van der Waals surface area contributed by atoms with Crippen molar-refractivity contribution in [2.24, 2.45) is 0 Å². The van der Waals surface area contributed by atoms with Crippen LogP contribution in [0.5, 0.6) is 0 Å². The Morgan fingerprint density at radius 2 is 1.55 bits per heavy atom. The molecule has 0 bridgehead atoms. The van der Waals surface area contributed by atoms with E-state index in [2.05, 4.69) is 5.32 Å². The van der Waals surface area contributed by atoms with E-state index in [0.29, 0.717) is 12.8 Å². The van der Waals surface area contributed by atoms with Crippen molar-refractivity contribution in [3.8, 4) is 0 Å². The Bertz CT molecular complexity index is 923. The first-order valence-electron chi connectivity index (χ1n) is 10.9. The summed E-state index contributed by atoms with van der Waals surface area (Å²) >= 11 is 0. The van der Waals surface area contributed by atoms with Gasteiger partial charge in [-0.05, 0) is 24.0 Å². The summed E-state index contributed by atoms with van der Waals surface area (Å²) in [5, 5.41) is 3.27. The number of hydrogen-bond acceptors (Lipinski definition) is 5. The van der Waals surface area contributed by atoms with Gasteiger partial charge in [0.2, 0.25) is 11.8 Å². The number of hydrogen-bond donors (Lipinski definition) is 1. The zero-order valence-electron chi connectivity index (χ0n) is 17.6. The topological polar surface area (TPSA) is 75.7 Å². The lowest BCUT2D eigenvalue weighted by Crippen LogP contribution is -2.70. The lowest BCUT2D eigenvalue weighted by molar-refractivity contribution is -0.162. The molecule has 2 aromatic rings. The molecule has 162 valence electrons. The second-order valence-corrected chi connectivity index (χ2v) is 8.41. The lowest BCUT2D eigenvalue weighted by Gasteiger charge is -2.46. The van der Waals surface area contributed by atoms with Gasteiger partial charge in [-0.3, -0.25) is 24.6 Å². The highest BCUT2D eigenvalue weighted by molar-refractivity contribution is 6.05. The quantitative estimate of drug-likeness (QED) is 0.573. The molecule has 1 saturated heterocycles. The van der Waals surface area contributed by atoms with E-state index in [1.807, 2.05) is 60.7 Å². The summed E-state index contributed by atoms with van der Waals surface area (Å²) in [6.45, 7) is 0.385. The van der Waals surface area contributed by atoms with Crippen LogP contribution in [0.3, 0.4) is 0 Å². The number of imide groups is 1. The standard InChI is InChI=1S/C25H28N2O4/c28-22(31-18-20-12-6-2-7-13-20)16-21-23(29)27(17-19-10-4-1-5-11-19)24(30)25(26-21)14-8-3-9-15-25/h1-2,4-7,10-13,21,26H,3,8-9,14-18H2/t21-/m0/s1. The Balaban J connectivity index is 1.49. The molecule has 0 unspecified atom stereocenters. The van der Waals surface area contributed by atoms with Crippen molar-refractivity contribution in [1.29, 1.82) is 0 Å². The molecule has 1 aliphatic carbocycles. The Kier molecular flexibility index (Phi) is 6.47. The molecule has 1 aliphatic heterocycles. The minimum Gasteiger partial charge on any atom is -0.461 e. The maximum absolute atomic E-state index is 13.4. The highest BCUT2D eigenvalue weighted by Crippen LogP contribution is 2.34. The average Bonchev–Trinajstić information content (AvgIpc) is 2.81. The van der Waals surface area contributed by atoms with Gasteiger partial charge in [-0.15, -0.1) is 0 Å². The Hall–Kier alpha value is -2.99. The molecule has 2 fully saturated rings. The molecular weight excluding hydrogens is 392 g/mol. The van der Waals surface area contributed by atoms with Crippen LogP contribution in [0.4, 0.5) is 0 Å². The van der Waals surface area contributed by atoms with Gasteiger partial charge in [0.25, 0.3) is 0 Å². The molecule has 0 radical (unpaired) electrons. The molecule has 0 aromatic heterocycles. The maximum atomic E-state index is 13.4. The van der Waals surface area contributed by atoms with Crippen molar-refractivity contribution in [3.05, 3.63) is 71.8 Å². The highest BCUT2D eigenvalue weighted by atomic mass is 16.5. The third kappa shape index (κ3) is 4.85. The van der Waals surface area contributed by atoms with Crippen LogP contribution in [-0.2, 0) is 32.3 Å². The fourth-order valence-corrected chi connectivity index (χ4v) is 4.53. The van der Waals surface area contributed by atoms with Gasteiger partial charge in [0, 0.05) is 0 Å². The van der Waals surface area contributed by atoms with Gasteiger partial charge in [-0.1, -0.05) is 79.9 Å². The van der Waals surface area contributed by atoms with Crippen LogP contribution in [-0.4, -0.2) is 34.3 Å². The number of rotatable bonds is 6. The minimum absolute atomic E-state index is 0.0913. The van der Waals surface area contributed by atoms with Crippen molar-refractivity contribution in [3.63, 3.8) is 0 Å². The fourth-order valence-electron chi connectivity index (χ4n) is 4.53. The number of benzene rings is 2. The van der Waals surface area contributed by atoms with E-state index in [1.54, 1.807) is 0 Å². The predicted octanol–water partition coefficient (Wildman–Crippen LogP) is 3.35. The Morgan fingerprint density at radius 3 is 2.19 bits per heavy atom. The average molecular weight is 421 g/mol. The first kappa shape index (κ1) is 21.2. The van der Waals surface area contributed by atoms with E-state index < -0.39 is 17.6 Å². The van der Waals surface area contributed by atoms with Gasteiger partial charge in [0.05, 0.1) is 24.5 Å². The Labute approximate surface area is 182 Å². The number of amides is 2. The lowest BCUT2D eigenvalue weighted by atomic mass is 9.78. The van der Waals surface area contributed by atoms with Crippen LogP contribution < -0.4 is 5.32 Å². The monoisotopic (exact) mass is 420 g/mol. The molecule has 1 N–H and O–H groups in total. The molecule has 6 heteroatoms. The molecule has 31 heavy (non-hydrogen) atoms. The second kappa shape index (κ2) is 9.43. The first-order valence-corrected chi connectivity index (χ1v) is 10.9. The van der Waals surface area contributed by atoms with E-state index in [4.69, 9.17) is 4.74 Å². The van der Waals surface area contributed by atoms with Crippen LogP contribution >= 0.6 is 0 Å². The summed E-state index contributed by atoms with van der Waals surface area (Å²) in [5.41, 5.74) is 1.01. The SMILES string of the molecule is O=C(C[C@@H]1NC2(CCCCC2)C(=O)N(Cc2ccccc2)C1=O)OCc1ccccc1. The third-order valence-electron chi connectivity index (χ3n) is 6.17. The van der Waals surface area contributed by atoms with Gasteiger partial charge >= 0.3 is 5.97 Å². The summed E-state index contributed by atoms with van der Waals surface area (Å²) in [7, 11) is 0. The van der Waals surface area contributed by atoms with Gasteiger partial charge in [-0.25, -0.2) is 0 Å². The molecule has 2 aliphatic rings. The van der Waals surface area contributed by atoms with Crippen LogP contribution in [0.2, 0.25) is 0 Å². The van der Waals surface area contributed by atoms with Gasteiger partial charge in [0.15, 0.2) is 0 Å². The van der Waals surface area contributed by atoms with Crippen molar-refractivity contribution in [2.45, 2.75) is 63.3 Å². The predicted molar refractivity (Wildman–Crippen MR) is 116 cm³/mol. The van der Waals surface area contributed by atoms with E-state index in [-0.39, 0.29) is 31.4 Å². The van der Waals surface area contributed by atoms with Gasteiger partial charge in [-0.2, -0.15) is 0 Å². The van der Waals surface area contributed by atoms with Crippen LogP contribution in [0.1, 0.15) is 49.7 Å². The zero-order chi connectivity index (χ0) is 21.7. The van der Waals surface area contributed by atoms with Crippen molar-refractivity contribution in [2.75, 3.05) is 0 Å². The van der Waals surface area contributed by atoms with Crippen LogP contribution in [0.25, 0.3) is 0 Å². The number of nitrogens with one attached hydrogen (secondary N) is 1. The van der Waals surface area contributed by atoms with E-state index in [0.717, 1.165) is 30.4 Å². The number of carbonyl (C=O) groups is 3. The molecule has 1 heterocycles. The number of piperazine rings is 1. The summed E-state index contributed by atoms with van der Waals surface area (Å²) in [6, 6.07) is 18.2. The molecule has 1 spiro atoms. The molecule has 2 amide bonds. The Morgan fingerprint density at radius 1 is 0.935 bits per heavy atom. The summed E-state index contributed by atoms with van der Waals surface area (Å²) in [6.07, 6.45) is 4.20. The summed E-state index contributed by atoms with van der Waals surface area (Å²) in [4.78, 5) is 40.5. The van der Waals surface area contributed by atoms with Crippen molar-refractivity contribution in [1.82, 2.24) is 10.2 Å². The summed E-state index contributed by atoms with van der Waals surface area (Å²) < 4.78 is 5.40. The summed E-state index contributed by atoms with van der Waals surface area (Å²) in [5.74, 6) is -0.980. The normalized spacial score (nSPS) is 20.6. The second-order valence-electron chi connectivity index (χ2n) is 8.41.